The summed E-state index contributed by atoms with van der Waals surface area (Å²) in [4.78, 5) is 10.9. The van der Waals surface area contributed by atoms with Crippen molar-refractivity contribution in [3.05, 3.63) is 0 Å². The van der Waals surface area contributed by atoms with E-state index in [-0.39, 0.29) is 5.97 Å². The van der Waals surface area contributed by atoms with E-state index in [1.807, 2.05) is 0 Å². The lowest BCUT2D eigenvalue weighted by atomic mass is 9.85. The molecule has 0 bridgehead atoms. The predicted molar refractivity (Wildman–Crippen MR) is 43.1 cm³/mol. The fraction of sp³-hybridized carbons (Fsp3) is 0.889. The van der Waals surface area contributed by atoms with E-state index in [2.05, 4.69) is 13.8 Å². The van der Waals surface area contributed by atoms with E-state index in [1.165, 1.54) is 0 Å². The van der Waals surface area contributed by atoms with Crippen molar-refractivity contribution in [2.45, 2.75) is 33.1 Å². The quantitative estimate of drug-likeness (QED) is 0.571. The van der Waals surface area contributed by atoms with E-state index in [4.69, 9.17) is 4.74 Å². The molecule has 0 radical (unpaired) electrons. The molecule has 1 heterocycles. The van der Waals surface area contributed by atoms with Crippen molar-refractivity contribution in [3.8, 4) is 0 Å². The summed E-state index contributed by atoms with van der Waals surface area (Å²) in [5, 5.41) is 0. The maximum absolute atomic E-state index is 10.9. The zero-order chi connectivity index (χ0) is 8.27. The maximum atomic E-state index is 10.9. The molecule has 0 spiro atoms. The van der Waals surface area contributed by atoms with Crippen LogP contribution in [0.15, 0.2) is 0 Å². The molecule has 64 valence electrons. The van der Waals surface area contributed by atoms with Gasteiger partial charge in [0.25, 0.3) is 0 Å². The number of carbonyl (C=O) groups excluding carboxylic acids is 1. The lowest BCUT2D eigenvalue weighted by Crippen LogP contribution is -2.25. The summed E-state index contributed by atoms with van der Waals surface area (Å²) >= 11 is 0. The number of ether oxygens (including phenoxy) is 1. The van der Waals surface area contributed by atoms with Gasteiger partial charge in [0.15, 0.2) is 0 Å². The Morgan fingerprint density at radius 3 is 3.00 bits per heavy atom. The Morgan fingerprint density at radius 2 is 2.45 bits per heavy atom. The Hall–Kier alpha value is -0.530. The fourth-order valence-electron chi connectivity index (χ4n) is 1.52. The normalized spacial score (nSPS) is 27.8. The van der Waals surface area contributed by atoms with Crippen molar-refractivity contribution in [2.24, 2.45) is 11.8 Å². The molecule has 0 N–H and O–H groups in total. The van der Waals surface area contributed by atoms with E-state index in [1.54, 1.807) is 0 Å². The van der Waals surface area contributed by atoms with Crippen LogP contribution in [0.1, 0.15) is 33.1 Å². The van der Waals surface area contributed by atoms with Gasteiger partial charge < -0.3 is 4.74 Å². The van der Waals surface area contributed by atoms with Crippen LogP contribution in [0.2, 0.25) is 0 Å². The molecule has 0 aromatic carbocycles. The van der Waals surface area contributed by atoms with Gasteiger partial charge in [-0.2, -0.15) is 0 Å². The van der Waals surface area contributed by atoms with Crippen molar-refractivity contribution in [1.82, 2.24) is 0 Å². The first-order valence-electron chi connectivity index (χ1n) is 4.39. The molecule has 0 amide bonds. The Balaban J connectivity index is 2.39. The maximum Gasteiger partial charge on any atom is 0.306 e. The first kappa shape index (κ1) is 8.57. The summed E-state index contributed by atoms with van der Waals surface area (Å²) in [5.41, 5.74) is 0. The summed E-state index contributed by atoms with van der Waals surface area (Å²) in [6, 6.07) is 0. The van der Waals surface area contributed by atoms with Crippen LogP contribution >= 0.6 is 0 Å². The van der Waals surface area contributed by atoms with Gasteiger partial charge in [0.05, 0.1) is 6.61 Å². The van der Waals surface area contributed by atoms with E-state index >= 15 is 0 Å². The third-order valence-corrected chi connectivity index (χ3v) is 2.63. The second-order valence-electron chi connectivity index (χ2n) is 3.36. The van der Waals surface area contributed by atoms with Gasteiger partial charge in [0.1, 0.15) is 0 Å². The molecule has 0 aromatic rings. The van der Waals surface area contributed by atoms with Crippen LogP contribution in [0.4, 0.5) is 0 Å². The zero-order valence-electron chi connectivity index (χ0n) is 7.30. The molecule has 2 heteroatoms. The molecule has 0 aromatic heterocycles. The Bertz CT molecular complexity index is 142. The summed E-state index contributed by atoms with van der Waals surface area (Å²) in [5.74, 6) is 1.23. The average Bonchev–Trinajstić information content (AvgIpc) is 2.03. The molecule has 1 aliphatic heterocycles. The monoisotopic (exact) mass is 156 g/mol. The van der Waals surface area contributed by atoms with Crippen molar-refractivity contribution < 1.29 is 9.53 Å². The summed E-state index contributed by atoms with van der Waals surface area (Å²) in [6.07, 6.45) is 2.85. The highest BCUT2D eigenvalue weighted by Gasteiger charge is 2.24. The largest absolute Gasteiger partial charge is 0.466 e. The van der Waals surface area contributed by atoms with Gasteiger partial charge >= 0.3 is 5.97 Å². The smallest absolute Gasteiger partial charge is 0.306 e. The first-order chi connectivity index (χ1) is 5.24. The van der Waals surface area contributed by atoms with Gasteiger partial charge in [0, 0.05) is 6.42 Å². The second-order valence-corrected chi connectivity index (χ2v) is 3.36. The molecule has 2 atom stereocenters. The van der Waals surface area contributed by atoms with Gasteiger partial charge in [-0.25, -0.2) is 0 Å². The third kappa shape index (κ3) is 2.21. The molecular formula is C9H16O2. The van der Waals surface area contributed by atoms with Crippen LogP contribution in [0.25, 0.3) is 0 Å². The van der Waals surface area contributed by atoms with Crippen LogP contribution in [0, 0.1) is 11.8 Å². The Kier molecular flexibility index (Phi) is 2.92. The topological polar surface area (TPSA) is 26.3 Å². The number of hydrogen-bond donors (Lipinski definition) is 0. The van der Waals surface area contributed by atoms with Crippen LogP contribution in [-0.2, 0) is 9.53 Å². The molecule has 1 saturated heterocycles. The zero-order valence-corrected chi connectivity index (χ0v) is 7.30. The molecule has 1 fully saturated rings. The van der Waals surface area contributed by atoms with Gasteiger partial charge in [-0.05, 0) is 18.3 Å². The van der Waals surface area contributed by atoms with E-state index in [0.717, 1.165) is 12.8 Å². The molecule has 11 heavy (non-hydrogen) atoms. The van der Waals surface area contributed by atoms with Gasteiger partial charge in [-0.15, -0.1) is 0 Å². The second kappa shape index (κ2) is 3.74. The molecule has 2 unspecified atom stereocenters. The minimum atomic E-state index is -0.0125. The van der Waals surface area contributed by atoms with Crippen molar-refractivity contribution in [1.29, 1.82) is 0 Å². The van der Waals surface area contributed by atoms with Gasteiger partial charge in [0.2, 0.25) is 0 Å². The molecule has 1 aliphatic rings. The molecule has 2 nitrogen and oxygen atoms in total. The minimum absolute atomic E-state index is 0.0125. The third-order valence-electron chi connectivity index (χ3n) is 2.63. The van der Waals surface area contributed by atoms with E-state index in [9.17, 15) is 4.79 Å². The summed E-state index contributed by atoms with van der Waals surface area (Å²) in [7, 11) is 0. The Labute approximate surface area is 67.9 Å². The van der Waals surface area contributed by atoms with Crippen LogP contribution in [-0.4, -0.2) is 12.6 Å². The van der Waals surface area contributed by atoms with Crippen LogP contribution in [0.5, 0.6) is 0 Å². The highest BCUT2D eigenvalue weighted by Crippen LogP contribution is 2.25. The number of cyclic esters (lactones) is 1. The SMILES string of the molecule is CCC(C)C1CCOC(=O)C1. The lowest BCUT2D eigenvalue weighted by molar-refractivity contribution is -0.150. The fourth-order valence-corrected chi connectivity index (χ4v) is 1.52. The molecule has 0 aliphatic carbocycles. The van der Waals surface area contributed by atoms with Crippen molar-refractivity contribution in [3.63, 3.8) is 0 Å². The lowest BCUT2D eigenvalue weighted by Gasteiger charge is -2.25. The number of hydrogen-bond acceptors (Lipinski definition) is 2. The molecular weight excluding hydrogens is 140 g/mol. The Morgan fingerprint density at radius 1 is 1.73 bits per heavy atom. The van der Waals surface area contributed by atoms with Gasteiger partial charge in [-0.1, -0.05) is 20.3 Å². The van der Waals surface area contributed by atoms with Crippen LogP contribution < -0.4 is 0 Å². The summed E-state index contributed by atoms with van der Waals surface area (Å²) < 4.78 is 4.86. The molecule has 0 saturated carbocycles. The van der Waals surface area contributed by atoms with Crippen LogP contribution in [0.3, 0.4) is 0 Å². The standard InChI is InChI=1S/C9H16O2/c1-3-7(2)8-4-5-11-9(10)6-8/h7-8H,3-6H2,1-2H3. The van der Waals surface area contributed by atoms with Gasteiger partial charge in [-0.3, -0.25) is 4.79 Å². The number of rotatable bonds is 2. The van der Waals surface area contributed by atoms with Crippen molar-refractivity contribution in [2.75, 3.05) is 6.61 Å². The first-order valence-corrected chi connectivity index (χ1v) is 4.39. The number of carbonyl (C=O) groups is 1. The number of esters is 1. The summed E-state index contributed by atoms with van der Waals surface area (Å²) in [6.45, 7) is 5.02. The van der Waals surface area contributed by atoms with Crippen molar-refractivity contribution >= 4 is 5.97 Å². The van der Waals surface area contributed by atoms with E-state index in [0.29, 0.717) is 24.9 Å². The highest BCUT2D eigenvalue weighted by molar-refractivity contribution is 5.70. The average molecular weight is 156 g/mol. The van der Waals surface area contributed by atoms with E-state index < -0.39 is 0 Å². The highest BCUT2D eigenvalue weighted by atomic mass is 16.5. The minimum Gasteiger partial charge on any atom is -0.466 e. The molecule has 1 rings (SSSR count). The predicted octanol–water partition coefficient (Wildman–Crippen LogP) is 1.99.